The van der Waals surface area contributed by atoms with Gasteiger partial charge in [0.05, 0.1) is 12.4 Å². The lowest BCUT2D eigenvalue weighted by atomic mass is 10.3. The van der Waals surface area contributed by atoms with Crippen LogP contribution in [0.25, 0.3) is 5.52 Å². The van der Waals surface area contributed by atoms with E-state index in [0.717, 1.165) is 11.1 Å². The quantitative estimate of drug-likeness (QED) is 0.697. The number of nitrogens with zero attached hydrogens (tertiary/aromatic N) is 3. The summed E-state index contributed by atoms with van der Waals surface area (Å²) in [4.78, 5) is 3.90. The Kier molecular flexibility index (Phi) is 3.72. The van der Waals surface area contributed by atoms with Crippen LogP contribution in [-0.2, 0) is 0 Å². The van der Waals surface area contributed by atoms with Crippen molar-refractivity contribution in [1.29, 1.82) is 0 Å². The molecule has 2 aromatic rings. The van der Waals surface area contributed by atoms with Crippen LogP contribution in [-0.4, -0.2) is 14.6 Å². The van der Waals surface area contributed by atoms with Gasteiger partial charge in [-0.05, 0) is 12.5 Å². The molecule has 0 amide bonds. The average Bonchev–Trinajstić information content (AvgIpc) is 2.51. The van der Waals surface area contributed by atoms with Gasteiger partial charge in [-0.25, -0.2) is 9.50 Å². The summed E-state index contributed by atoms with van der Waals surface area (Å²) < 4.78 is 1.62. The predicted octanol–water partition coefficient (Wildman–Crippen LogP) is 3.37. The van der Waals surface area contributed by atoms with Crippen molar-refractivity contribution in [3.05, 3.63) is 28.3 Å². The van der Waals surface area contributed by atoms with Crippen LogP contribution in [0.5, 0.6) is 0 Å². The number of aromatic nitrogens is 3. The summed E-state index contributed by atoms with van der Waals surface area (Å²) in [6, 6.07) is 0. The zero-order valence-electron chi connectivity index (χ0n) is 8.25. The maximum absolute atomic E-state index is 5.85. The van der Waals surface area contributed by atoms with E-state index in [-0.39, 0.29) is 0 Å². The first-order valence-corrected chi connectivity index (χ1v) is 5.10. The standard InChI is InChI=1S/C7H5Cl2N3.C2H6/c1-4-2-10-12-3-5(8)11-7(9)6(4)12;1-2/h2-3H,1H3;1-2H3. The smallest absolute Gasteiger partial charge is 0.156 e. The second-order valence-corrected chi connectivity index (χ2v) is 3.22. The topological polar surface area (TPSA) is 30.2 Å². The molecule has 0 saturated heterocycles. The highest BCUT2D eigenvalue weighted by Gasteiger charge is 2.06. The Morgan fingerprint density at radius 3 is 2.57 bits per heavy atom. The summed E-state index contributed by atoms with van der Waals surface area (Å²) in [6.45, 7) is 5.92. The van der Waals surface area contributed by atoms with Gasteiger partial charge in [0.25, 0.3) is 0 Å². The number of fused-ring (bicyclic) bond motifs is 1. The van der Waals surface area contributed by atoms with Crippen LogP contribution >= 0.6 is 23.2 Å². The average molecular weight is 232 g/mol. The van der Waals surface area contributed by atoms with E-state index < -0.39 is 0 Å². The van der Waals surface area contributed by atoms with E-state index >= 15 is 0 Å². The Hall–Kier alpha value is -0.800. The summed E-state index contributed by atoms with van der Waals surface area (Å²) >= 11 is 11.5. The fourth-order valence-electron chi connectivity index (χ4n) is 1.08. The molecular formula is C9H11Cl2N3. The molecule has 3 nitrogen and oxygen atoms in total. The normalized spacial score (nSPS) is 9.79. The van der Waals surface area contributed by atoms with Gasteiger partial charge in [0.2, 0.25) is 0 Å². The first-order chi connectivity index (χ1) is 6.68. The molecule has 0 aliphatic rings. The second kappa shape index (κ2) is 4.62. The molecule has 0 N–H and O–H groups in total. The Bertz CT molecular complexity index is 437. The van der Waals surface area contributed by atoms with Gasteiger partial charge in [-0.3, -0.25) is 0 Å². The van der Waals surface area contributed by atoms with Gasteiger partial charge in [-0.15, -0.1) is 0 Å². The van der Waals surface area contributed by atoms with Crippen molar-refractivity contribution >= 4 is 28.7 Å². The number of aryl methyl sites for hydroxylation is 1. The molecule has 2 aromatic heterocycles. The molecule has 0 radical (unpaired) electrons. The van der Waals surface area contributed by atoms with Crippen LogP contribution in [0.2, 0.25) is 10.3 Å². The Labute approximate surface area is 92.7 Å². The molecular weight excluding hydrogens is 221 g/mol. The second-order valence-electron chi connectivity index (χ2n) is 2.48. The lowest BCUT2D eigenvalue weighted by Crippen LogP contribution is -1.90. The van der Waals surface area contributed by atoms with E-state index in [1.165, 1.54) is 0 Å². The van der Waals surface area contributed by atoms with Gasteiger partial charge >= 0.3 is 0 Å². The number of halogens is 2. The van der Waals surface area contributed by atoms with Crippen molar-refractivity contribution in [1.82, 2.24) is 14.6 Å². The highest BCUT2D eigenvalue weighted by Crippen LogP contribution is 2.20. The molecule has 0 aliphatic heterocycles. The third kappa shape index (κ3) is 1.99. The minimum absolute atomic E-state index is 0.343. The Morgan fingerprint density at radius 1 is 1.29 bits per heavy atom. The maximum atomic E-state index is 5.85. The van der Waals surface area contributed by atoms with Gasteiger partial charge < -0.3 is 0 Å². The van der Waals surface area contributed by atoms with Gasteiger partial charge in [0, 0.05) is 0 Å². The van der Waals surface area contributed by atoms with Crippen molar-refractivity contribution in [2.75, 3.05) is 0 Å². The fraction of sp³-hybridized carbons (Fsp3) is 0.333. The summed E-state index contributed by atoms with van der Waals surface area (Å²) in [6.07, 6.45) is 3.34. The van der Waals surface area contributed by atoms with Crippen LogP contribution in [0.4, 0.5) is 0 Å². The molecule has 0 aromatic carbocycles. The number of rotatable bonds is 0. The van der Waals surface area contributed by atoms with Gasteiger partial charge in [0.15, 0.2) is 5.15 Å². The molecule has 2 rings (SSSR count). The summed E-state index contributed by atoms with van der Waals surface area (Å²) in [7, 11) is 0. The summed E-state index contributed by atoms with van der Waals surface area (Å²) in [5, 5.41) is 4.78. The highest BCUT2D eigenvalue weighted by atomic mass is 35.5. The summed E-state index contributed by atoms with van der Waals surface area (Å²) in [5.41, 5.74) is 1.80. The third-order valence-electron chi connectivity index (χ3n) is 1.61. The lowest BCUT2D eigenvalue weighted by Gasteiger charge is -1.96. The van der Waals surface area contributed by atoms with Crippen LogP contribution in [0, 0.1) is 6.92 Å². The minimum atomic E-state index is 0.343. The van der Waals surface area contributed by atoms with Crippen molar-refractivity contribution in [2.45, 2.75) is 20.8 Å². The molecule has 14 heavy (non-hydrogen) atoms. The summed E-state index contributed by atoms with van der Waals surface area (Å²) in [5.74, 6) is 0. The molecule has 0 unspecified atom stereocenters. The fourth-order valence-corrected chi connectivity index (χ4v) is 1.63. The van der Waals surface area contributed by atoms with Crippen LogP contribution in [0.3, 0.4) is 0 Å². The van der Waals surface area contributed by atoms with Crippen LogP contribution in [0.1, 0.15) is 19.4 Å². The van der Waals surface area contributed by atoms with E-state index in [4.69, 9.17) is 23.2 Å². The zero-order valence-corrected chi connectivity index (χ0v) is 9.76. The van der Waals surface area contributed by atoms with Crippen molar-refractivity contribution < 1.29 is 0 Å². The van der Waals surface area contributed by atoms with Crippen LogP contribution in [0.15, 0.2) is 12.4 Å². The predicted molar refractivity (Wildman–Crippen MR) is 59.1 cm³/mol. The number of hydrogen-bond donors (Lipinski definition) is 0. The molecule has 0 fully saturated rings. The largest absolute Gasteiger partial charge is 0.234 e. The first kappa shape index (κ1) is 11.3. The molecule has 76 valence electrons. The molecule has 0 bridgehead atoms. The maximum Gasteiger partial charge on any atom is 0.156 e. The minimum Gasteiger partial charge on any atom is -0.234 e. The lowest BCUT2D eigenvalue weighted by molar-refractivity contribution is 0.946. The molecule has 2 heterocycles. The Morgan fingerprint density at radius 2 is 1.93 bits per heavy atom. The Balaban J connectivity index is 0.000000461. The van der Waals surface area contributed by atoms with E-state index in [9.17, 15) is 0 Å². The molecule has 5 heteroatoms. The molecule has 0 aliphatic carbocycles. The van der Waals surface area contributed by atoms with Crippen LogP contribution < -0.4 is 0 Å². The van der Waals surface area contributed by atoms with Gasteiger partial charge in [0.1, 0.15) is 10.7 Å². The van der Waals surface area contributed by atoms with Crippen molar-refractivity contribution in [3.8, 4) is 0 Å². The van der Waals surface area contributed by atoms with Gasteiger partial charge in [-0.2, -0.15) is 5.10 Å². The van der Waals surface area contributed by atoms with Gasteiger partial charge in [-0.1, -0.05) is 37.0 Å². The first-order valence-electron chi connectivity index (χ1n) is 4.34. The van der Waals surface area contributed by atoms with Crippen molar-refractivity contribution in [2.24, 2.45) is 0 Å². The van der Waals surface area contributed by atoms with Crippen molar-refractivity contribution in [3.63, 3.8) is 0 Å². The number of hydrogen-bond acceptors (Lipinski definition) is 2. The molecule has 0 saturated carbocycles. The van der Waals surface area contributed by atoms with E-state index in [0.29, 0.717) is 10.3 Å². The monoisotopic (exact) mass is 231 g/mol. The van der Waals surface area contributed by atoms with E-state index in [2.05, 4.69) is 10.1 Å². The van der Waals surface area contributed by atoms with E-state index in [1.54, 1.807) is 16.9 Å². The third-order valence-corrected chi connectivity index (χ3v) is 2.05. The van der Waals surface area contributed by atoms with E-state index in [1.807, 2.05) is 20.8 Å². The SMILES string of the molecule is CC.Cc1cnn2cc(Cl)nc(Cl)c12. The molecule has 0 spiro atoms. The zero-order chi connectivity index (χ0) is 10.7. The molecule has 0 atom stereocenters. The highest BCUT2D eigenvalue weighted by molar-refractivity contribution is 6.34.